The maximum atomic E-state index is 4.01. The highest BCUT2D eigenvalue weighted by Crippen LogP contribution is 2.14. The molecule has 0 fully saturated rings. The van der Waals surface area contributed by atoms with Crippen LogP contribution in [0.25, 0.3) is 17.0 Å². The Balaban J connectivity index is 2.88. The lowest BCUT2D eigenvalue weighted by Gasteiger charge is -1.91. The van der Waals surface area contributed by atoms with Crippen LogP contribution >= 0.6 is 0 Å². The first-order chi connectivity index (χ1) is 5.42. The zero-order valence-corrected chi connectivity index (χ0v) is 5.91. The molecule has 0 amide bonds. The van der Waals surface area contributed by atoms with Crippen LogP contribution in [-0.4, -0.2) is 15.2 Å². The van der Waals surface area contributed by atoms with Crippen LogP contribution in [0.5, 0.6) is 0 Å². The van der Waals surface area contributed by atoms with Crippen LogP contribution < -0.4 is 0 Å². The molecule has 0 unspecified atom stereocenters. The SMILES string of the molecule is C=Cc1cncc2[nH]ncc12. The van der Waals surface area contributed by atoms with Crippen LogP contribution in [0.4, 0.5) is 0 Å². The second kappa shape index (κ2) is 2.20. The number of rotatable bonds is 1. The Labute approximate surface area is 63.8 Å². The number of aromatic amines is 1. The van der Waals surface area contributed by atoms with E-state index in [0.717, 1.165) is 16.5 Å². The lowest BCUT2D eigenvalue weighted by Crippen LogP contribution is -1.76. The van der Waals surface area contributed by atoms with Gasteiger partial charge in [-0.25, -0.2) is 0 Å². The summed E-state index contributed by atoms with van der Waals surface area (Å²) in [5.74, 6) is 0. The third-order valence-corrected chi connectivity index (χ3v) is 1.62. The first-order valence-electron chi connectivity index (χ1n) is 3.31. The van der Waals surface area contributed by atoms with Gasteiger partial charge in [0.15, 0.2) is 0 Å². The highest BCUT2D eigenvalue weighted by Gasteiger charge is 1.97. The first-order valence-corrected chi connectivity index (χ1v) is 3.31. The van der Waals surface area contributed by atoms with E-state index in [1.54, 1.807) is 24.7 Å². The fourth-order valence-corrected chi connectivity index (χ4v) is 1.05. The molecule has 0 atom stereocenters. The Kier molecular flexibility index (Phi) is 1.22. The topological polar surface area (TPSA) is 41.6 Å². The van der Waals surface area contributed by atoms with E-state index in [1.165, 1.54) is 0 Å². The number of aromatic nitrogens is 3. The van der Waals surface area contributed by atoms with E-state index in [4.69, 9.17) is 0 Å². The number of nitrogens with zero attached hydrogens (tertiary/aromatic N) is 2. The molecule has 0 radical (unpaired) electrons. The van der Waals surface area contributed by atoms with Gasteiger partial charge in [0, 0.05) is 17.1 Å². The normalized spacial score (nSPS) is 10.2. The van der Waals surface area contributed by atoms with Gasteiger partial charge in [-0.1, -0.05) is 12.7 Å². The van der Waals surface area contributed by atoms with Crippen molar-refractivity contribution in [2.24, 2.45) is 0 Å². The van der Waals surface area contributed by atoms with Gasteiger partial charge < -0.3 is 0 Å². The molecule has 0 aliphatic carbocycles. The maximum absolute atomic E-state index is 4.01. The van der Waals surface area contributed by atoms with Gasteiger partial charge in [0.2, 0.25) is 0 Å². The third kappa shape index (κ3) is 0.816. The van der Waals surface area contributed by atoms with Gasteiger partial charge in [0.05, 0.1) is 17.9 Å². The number of H-pyrrole nitrogens is 1. The second-order valence-corrected chi connectivity index (χ2v) is 2.26. The van der Waals surface area contributed by atoms with Crippen molar-refractivity contribution in [1.82, 2.24) is 15.2 Å². The van der Waals surface area contributed by atoms with Crippen LogP contribution in [0.1, 0.15) is 5.56 Å². The van der Waals surface area contributed by atoms with Gasteiger partial charge >= 0.3 is 0 Å². The molecule has 0 aromatic carbocycles. The monoisotopic (exact) mass is 145 g/mol. The minimum absolute atomic E-state index is 0.947. The summed E-state index contributed by atoms with van der Waals surface area (Å²) in [7, 11) is 0. The maximum Gasteiger partial charge on any atom is 0.0839 e. The molecule has 0 spiro atoms. The summed E-state index contributed by atoms with van der Waals surface area (Å²) < 4.78 is 0. The largest absolute Gasteiger partial charge is 0.276 e. The Hall–Kier alpha value is -1.64. The average Bonchev–Trinajstić information content (AvgIpc) is 2.50. The fraction of sp³-hybridized carbons (Fsp3) is 0. The third-order valence-electron chi connectivity index (χ3n) is 1.62. The van der Waals surface area contributed by atoms with Crippen molar-refractivity contribution in [3.63, 3.8) is 0 Å². The van der Waals surface area contributed by atoms with Gasteiger partial charge in [-0.3, -0.25) is 10.1 Å². The van der Waals surface area contributed by atoms with Crippen LogP contribution in [0, 0.1) is 0 Å². The predicted molar refractivity (Wildman–Crippen MR) is 44.0 cm³/mol. The molecule has 3 nitrogen and oxygen atoms in total. The molecule has 0 aliphatic heterocycles. The van der Waals surface area contributed by atoms with Crippen LogP contribution in [0.2, 0.25) is 0 Å². The fourth-order valence-electron chi connectivity index (χ4n) is 1.05. The molecule has 0 bridgehead atoms. The zero-order chi connectivity index (χ0) is 7.68. The van der Waals surface area contributed by atoms with Gasteiger partial charge in [-0.05, 0) is 0 Å². The molecule has 3 heteroatoms. The molecule has 2 aromatic rings. The van der Waals surface area contributed by atoms with Crippen LogP contribution in [-0.2, 0) is 0 Å². The molecule has 2 heterocycles. The molecule has 2 rings (SSSR count). The Morgan fingerprint density at radius 2 is 2.27 bits per heavy atom. The number of nitrogens with one attached hydrogen (secondary N) is 1. The Morgan fingerprint density at radius 1 is 1.36 bits per heavy atom. The van der Waals surface area contributed by atoms with Crippen LogP contribution in [0.15, 0.2) is 25.2 Å². The molecule has 11 heavy (non-hydrogen) atoms. The minimum Gasteiger partial charge on any atom is -0.276 e. The minimum atomic E-state index is 0.947. The van der Waals surface area contributed by atoms with Crippen LogP contribution in [0.3, 0.4) is 0 Å². The van der Waals surface area contributed by atoms with Crippen molar-refractivity contribution in [1.29, 1.82) is 0 Å². The molecule has 0 saturated heterocycles. The molecule has 0 saturated carbocycles. The quantitative estimate of drug-likeness (QED) is 0.662. The van der Waals surface area contributed by atoms with E-state index in [-0.39, 0.29) is 0 Å². The average molecular weight is 145 g/mol. The summed E-state index contributed by atoms with van der Waals surface area (Å²) in [4.78, 5) is 4.01. The van der Waals surface area contributed by atoms with E-state index in [1.807, 2.05) is 0 Å². The van der Waals surface area contributed by atoms with E-state index < -0.39 is 0 Å². The van der Waals surface area contributed by atoms with Gasteiger partial charge in [-0.2, -0.15) is 5.10 Å². The summed E-state index contributed by atoms with van der Waals surface area (Å²) >= 11 is 0. The number of hydrogen-bond donors (Lipinski definition) is 1. The Bertz CT molecular complexity index is 389. The van der Waals surface area contributed by atoms with E-state index in [0.29, 0.717) is 0 Å². The molecule has 0 aliphatic rings. The molecule has 54 valence electrons. The standard InChI is InChI=1S/C8H7N3/c1-2-6-3-9-5-8-7(6)4-10-11-8/h2-5H,1H2,(H,10,11). The van der Waals surface area contributed by atoms with Crippen molar-refractivity contribution < 1.29 is 0 Å². The van der Waals surface area contributed by atoms with E-state index >= 15 is 0 Å². The van der Waals surface area contributed by atoms with Crippen molar-refractivity contribution in [2.45, 2.75) is 0 Å². The van der Waals surface area contributed by atoms with Crippen molar-refractivity contribution in [3.05, 3.63) is 30.7 Å². The van der Waals surface area contributed by atoms with Gasteiger partial charge in [0.25, 0.3) is 0 Å². The molecule has 1 N–H and O–H groups in total. The number of hydrogen-bond acceptors (Lipinski definition) is 2. The summed E-state index contributed by atoms with van der Waals surface area (Å²) in [6.07, 6.45) is 7.05. The highest BCUT2D eigenvalue weighted by atomic mass is 15.1. The van der Waals surface area contributed by atoms with E-state index in [2.05, 4.69) is 21.8 Å². The Morgan fingerprint density at radius 3 is 3.09 bits per heavy atom. The van der Waals surface area contributed by atoms with Gasteiger partial charge in [-0.15, -0.1) is 0 Å². The summed E-state index contributed by atoms with van der Waals surface area (Å²) in [5, 5.41) is 7.80. The van der Waals surface area contributed by atoms with Crippen molar-refractivity contribution >= 4 is 17.0 Å². The highest BCUT2D eigenvalue weighted by molar-refractivity contribution is 5.85. The summed E-state index contributed by atoms with van der Waals surface area (Å²) in [6.45, 7) is 3.68. The van der Waals surface area contributed by atoms with Crippen molar-refractivity contribution in [2.75, 3.05) is 0 Å². The zero-order valence-electron chi connectivity index (χ0n) is 5.91. The second-order valence-electron chi connectivity index (χ2n) is 2.26. The van der Waals surface area contributed by atoms with E-state index in [9.17, 15) is 0 Å². The smallest absolute Gasteiger partial charge is 0.0839 e. The number of pyridine rings is 1. The summed E-state index contributed by atoms with van der Waals surface area (Å²) in [6, 6.07) is 0. The molecular formula is C8H7N3. The number of fused-ring (bicyclic) bond motifs is 1. The van der Waals surface area contributed by atoms with Gasteiger partial charge in [0.1, 0.15) is 0 Å². The lowest BCUT2D eigenvalue weighted by molar-refractivity contribution is 1.11. The lowest BCUT2D eigenvalue weighted by atomic mass is 10.2. The molecular weight excluding hydrogens is 138 g/mol. The molecule has 2 aromatic heterocycles. The summed E-state index contributed by atoms with van der Waals surface area (Å²) in [5.41, 5.74) is 1.96. The first kappa shape index (κ1) is 6.09. The van der Waals surface area contributed by atoms with Crippen molar-refractivity contribution in [3.8, 4) is 0 Å². The predicted octanol–water partition coefficient (Wildman–Crippen LogP) is 1.60.